The Bertz CT molecular complexity index is 826. The summed E-state index contributed by atoms with van der Waals surface area (Å²) < 4.78 is 8.75. The fourth-order valence-corrected chi connectivity index (χ4v) is 2.26. The molecule has 0 fully saturated rings. The summed E-state index contributed by atoms with van der Waals surface area (Å²) in [6, 6.07) is 5.32. The Balaban J connectivity index is 1.74. The van der Waals surface area contributed by atoms with Crippen molar-refractivity contribution >= 4 is 11.6 Å². The van der Waals surface area contributed by atoms with E-state index >= 15 is 0 Å². The van der Waals surface area contributed by atoms with Crippen LogP contribution in [0.25, 0.3) is 5.69 Å². The van der Waals surface area contributed by atoms with Gasteiger partial charge in [0.2, 0.25) is 5.91 Å². The van der Waals surface area contributed by atoms with Gasteiger partial charge in [0.15, 0.2) is 5.82 Å². The number of amides is 1. The summed E-state index contributed by atoms with van der Waals surface area (Å²) in [4.78, 5) is 16.1. The zero-order chi connectivity index (χ0) is 16.9. The molecule has 0 aliphatic heterocycles. The number of hydrogen-bond donors (Lipinski definition) is 1. The van der Waals surface area contributed by atoms with Crippen LogP contribution >= 0.6 is 0 Å². The summed E-state index contributed by atoms with van der Waals surface area (Å²) in [5.41, 5.74) is 1.31. The molecular formula is C15H17N7O2. The van der Waals surface area contributed by atoms with Crippen molar-refractivity contribution in [2.24, 2.45) is 0 Å². The maximum atomic E-state index is 12.1. The van der Waals surface area contributed by atoms with Crippen molar-refractivity contribution in [1.82, 2.24) is 29.8 Å². The molecule has 0 aliphatic rings. The van der Waals surface area contributed by atoms with Crippen molar-refractivity contribution in [3.05, 3.63) is 42.7 Å². The lowest BCUT2D eigenvalue weighted by atomic mass is 10.2. The van der Waals surface area contributed by atoms with E-state index in [-0.39, 0.29) is 5.91 Å². The number of methoxy groups -OCH3 is 1. The van der Waals surface area contributed by atoms with Gasteiger partial charge in [0.1, 0.15) is 11.4 Å². The van der Waals surface area contributed by atoms with E-state index in [1.807, 2.05) is 10.8 Å². The van der Waals surface area contributed by atoms with Crippen LogP contribution in [-0.2, 0) is 11.3 Å². The highest BCUT2D eigenvalue weighted by Gasteiger charge is 2.12. The number of aryl methyl sites for hydroxylation is 2. The highest BCUT2D eigenvalue weighted by molar-refractivity contribution is 5.91. The number of imidazole rings is 1. The van der Waals surface area contributed by atoms with Crippen LogP contribution in [0.5, 0.6) is 5.75 Å². The van der Waals surface area contributed by atoms with Crippen LogP contribution in [0.1, 0.15) is 12.2 Å². The third-order valence-corrected chi connectivity index (χ3v) is 3.47. The first-order valence-corrected chi connectivity index (χ1v) is 7.36. The lowest BCUT2D eigenvalue weighted by Crippen LogP contribution is -2.14. The Morgan fingerprint density at radius 1 is 1.38 bits per heavy atom. The molecule has 0 unspecified atom stereocenters. The van der Waals surface area contributed by atoms with Gasteiger partial charge in [-0.15, -0.1) is 5.10 Å². The van der Waals surface area contributed by atoms with E-state index in [0.717, 1.165) is 0 Å². The summed E-state index contributed by atoms with van der Waals surface area (Å²) in [6.07, 6.45) is 5.53. The van der Waals surface area contributed by atoms with E-state index < -0.39 is 0 Å². The molecule has 0 radical (unpaired) electrons. The van der Waals surface area contributed by atoms with Crippen molar-refractivity contribution in [1.29, 1.82) is 0 Å². The topological polar surface area (TPSA) is 99.8 Å². The van der Waals surface area contributed by atoms with E-state index in [4.69, 9.17) is 4.74 Å². The number of benzene rings is 1. The van der Waals surface area contributed by atoms with Gasteiger partial charge < -0.3 is 14.6 Å². The molecule has 0 saturated carbocycles. The Morgan fingerprint density at radius 3 is 2.92 bits per heavy atom. The molecule has 0 saturated heterocycles. The first-order chi connectivity index (χ1) is 11.7. The van der Waals surface area contributed by atoms with Gasteiger partial charge in [0.05, 0.1) is 13.4 Å². The van der Waals surface area contributed by atoms with Gasteiger partial charge in [-0.3, -0.25) is 4.79 Å². The van der Waals surface area contributed by atoms with Crippen LogP contribution in [0.15, 0.2) is 36.9 Å². The van der Waals surface area contributed by atoms with Crippen molar-refractivity contribution in [3.8, 4) is 11.4 Å². The van der Waals surface area contributed by atoms with Gasteiger partial charge in [-0.05, 0) is 35.5 Å². The third-order valence-electron chi connectivity index (χ3n) is 3.47. The maximum absolute atomic E-state index is 12.1. The number of nitrogens with one attached hydrogen (secondary N) is 1. The van der Waals surface area contributed by atoms with Gasteiger partial charge >= 0.3 is 0 Å². The minimum atomic E-state index is -0.0896. The average molecular weight is 327 g/mol. The van der Waals surface area contributed by atoms with Crippen LogP contribution in [0, 0.1) is 6.92 Å². The smallest absolute Gasteiger partial charge is 0.226 e. The number of tetrazole rings is 1. The summed E-state index contributed by atoms with van der Waals surface area (Å²) in [5, 5.41) is 14.3. The molecule has 0 atom stereocenters. The normalized spacial score (nSPS) is 10.6. The highest BCUT2D eigenvalue weighted by atomic mass is 16.5. The van der Waals surface area contributed by atoms with Gasteiger partial charge in [0, 0.05) is 31.0 Å². The lowest BCUT2D eigenvalue weighted by molar-refractivity contribution is -0.116. The Hall–Kier alpha value is -3.23. The molecule has 1 aromatic carbocycles. The van der Waals surface area contributed by atoms with Crippen molar-refractivity contribution in [3.63, 3.8) is 0 Å². The molecule has 2 aromatic heterocycles. The number of aromatic nitrogens is 6. The zero-order valence-electron chi connectivity index (χ0n) is 13.4. The van der Waals surface area contributed by atoms with E-state index in [9.17, 15) is 4.79 Å². The first kappa shape index (κ1) is 15.7. The summed E-state index contributed by atoms with van der Waals surface area (Å²) >= 11 is 0. The molecule has 9 nitrogen and oxygen atoms in total. The van der Waals surface area contributed by atoms with Crippen LogP contribution in [-0.4, -0.2) is 42.8 Å². The molecule has 0 spiro atoms. The quantitative estimate of drug-likeness (QED) is 0.730. The SMILES string of the molecule is COc1ccc(NC(=O)CCn2ccnc2)cc1-n1nnnc1C. The van der Waals surface area contributed by atoms with Crippen LogP contribution in [0.2, 0.25) is 0 Å². The highest BCUT2D eigenvalue weighted by Crippen LogP contribution is 2.26. The van der Waals surface area contributed by atoms with Crippen LogP contribution in [0.3, 0.4) is 0 Å². The second-order valence-electron chi connectivity index (χ2n) is 5.12. The van der Waals surface area contributed by atoms with E-state index in [2.05, 4.69) is 25.8 Å². The summed E-state index contributed by atoms with van der Waals surface area (Å²) in [7, 11) is 1.57. The minimum absolute atomic E-state index is 0.0896. The molecule has 124 valence electrons. The fourth-order valence-electron chi connectivity index (χ4n) is 2.26. The molecule has 3 aromatic rings. The monoisotopic (exact) mass is 327 g/mol. The molecule has 2 heterocycles. The molecule has 0 aliphatic carbocycles. The van der Waals surface area contributed by atoms with Crippen molar-refractivity contribution in [2.75, 3.05) is 12.4 Å². The molecule has 0 bridgehead atoms. The second kappa shape index (κ2) is 6.90. The Morgan fingerprint density at radius 2 is 2.25 bits per heavy atom. The number of ether oxygens (including phenoxy) is 1. The summed E-state index contributed by atoms with van der Waals surface area (Å²) in [6.45, 7) is 2.36. The van der Waals surface area contributed by atoms with E-state index in [0.29, 0.717) is 35.9 Å². The van der Waals surface area contributed by atoms with Gasteiger partial charge in [-0.25, -0.2) is 4.98 Å². The van der Waals surface area contributed by atoms with Crippen molar-refractivity contribution < 1.29 is 9.53 Å². The van der Waals surface area contributed by atoms with Crippen LogP contribution < -0.4 is 10.1 Å². The molecule has 3 rings (SSSR count). The Labute approximate surface area is 138 Å². The standard InChI is InChI=1S/C15H17N7O2/c1-11-18-19-20-22(11)13-9-12(3-4-14(13)24-2)17-15(23)5-7-21-8-6-16-10-21/h3-4,6,8-10H,5,7H2,1-2H3,(H,17,23). The minimum Gasteiger partial charge on any atom is -0.494 e. The van der Waals surface area contributed by atoms with Gasteiger partial charge in [-0.1, -0.05) is 0 Å². The predicted octanol–water partition coefficient (Wildman–Crippen LogP) is 1.20. The molecule has 24 heavy (non-hydrogen) atoms. The number of carbonyl (C=O) groups is 1. The second-order valence-corrected chi connectivity index (χ2v) is 5.12. The first-order valence-electron chi connectivity index (χ1n) is 7.36. The molecular weight excluding hydrogens is 310 g/mol. The maximum Gasteiger partial charge on any atom is 0.226 e. The third kappa shape index (κ3) is 3.40. The molecule has 1 N–H and O–H groups in total. The number of carbonyl (C=O) groups excluding carboxylic acids is 1. The van der Waals surface area contributed by atoms with E-state index in [1.165, 1.54) is 0 Å². The Kier molecular flexibility index (Phi) is 4.50. The van der Waals surface area contributed by atoms with Crippen LogP contribution in [0.4, 0.5) is 5.69 Å². The number of anilines is 1. The van der Waals surface area contributed by atoms with Crippen molar-refractivity contribution in [2.45, 2.75) is 19.9 Å². The van der Waals surface area contributed by atoms with E-state index in [1.54, 1.807) is 49.4 Å². The number of nitrogens with zero attached hydrogens (tertiary/aromatic N) is 6. The fraction of sp³-hybridized carbons (Fsp3) is 0.267. The largest absolute Gasteiger partial charge is 0.494 e. The predicted molar refractivity (Wildman–Crippen MR) is 85.9 cm³/mol. The molecule has 1 amide bonds. The summed E-state index contributed by atoms with van der Waals surface area (Å²) in [5.74, 6) is 1.15. The van der Waals surface area contributed by atoms with Gasteiger partial charge in [-0.2, -0.15) is 4.68 Å². The van der Waals surface area contributed by atoms with Gasteiger partial charge in [0.25, 0.3) is 0 Å². The molecule has 9 heteroatoms. The average Bonchev–Trinajstić information content (AvgIpc) is 3.24. The number of hydrogen-bond acceptors (Lipinski definition) is 6. The number of rotatable bonds is 6. The zero-order valence-corrected chi connectivity index (χ0v) is 13.4. The lowest BCUT2D eigenvalue weighted by Gasteiger charge is -2.12.